The Morgan fingerprint density at radius 3 is 2.06 bits per heavy atom. The Hall–Kier alpha value is -1.59. The van der Waals surface area contributed by atoms with Crippen LogP contribution in [0.2, 0.25) is 0 Å². The van der Waals surface area contributed by atoms with Gasteiger partial charge in [-0.2, -0.15) is 0 Å². The highest BCUT2D eigenvalue weighted by Crippen LogP contribution is 2.10. The number of nitrogens with two attached hydrogens (primary N) is 1. The molecule has 3 amide bonds. The third kappa shape index (κ3) is 6.88. The normalized spacial score (nSPS) is 13.8. The topological polar surface area (TPSA) is 101 Å². The fourth-order valence-corrected chi connectivity index (χ4v) is 1.56. The van der Waals surface area contributed by atoms with E-state index in [2.05, 4.69) is 10.6 Å². The molecule has 0 aliphatic heterocycles. The van der Waals surface area contributed by atoms with Gasteiger partial charge < -0.3 is 16.4 Å². The first kappa shape index (κ1) is 16.4. The lowest BCUT2D eigenvalue weighted by atomic mass is 9.98. The average molecular weight is 257 g/mol. The van der Waals surface area contributed by atoms with Crippen LogP contribution in [0.25, 0.3) is 0 Å². The van der Waals surface area contributed by atoms with E-state index in [0.29, 0.717) is 5.92 Å². The Kier molecular flexibility index (Phi) is 7.00. The van der Waals surface area contributed by atoms with E-state index >= 15 is 0 Å². The van der Waals surface area contributed by atoms with Gasteiger partial charge in [0.05, 0.1) is 6.54 Å². The minimum absolute atomic E-state index is 0.142. The predicted octanol–water partition coefficient (Wildman–Crippen LogP) is -0.225. The molecule has 2 unspecified atom stereocenters. The molecule has 0 aromatic carbocycles. The van der Waals surface area contributed by atoms with Crippen molar-refractivity contribution in [2.75, 3.05) is 6.54 Å². The van der Waals surface area contributed by atoms with E-state index in [9.17, 15) is 14.4 Å². The molecule has 6 nitrogen and oxygen atoms in total. The van der Waals surface area contributed by atoms with E-state index in [1.54, 1.807) is 6.92 Å². The van der Waals surface area contributed by atoms with Crippen molar-refractivity contribution in [1.82, 2.24) is 10.6 Å². The average Bonchev–Trinajstić information content (AvgIpc) is 2.24. The van der Waals surface area contributed by atoms with Crippen molar-refractivity contribution < 1.29 is 14.4 Å². The maximum absolute atomic E-state index is 11.7. The number of amides is 3. The Balaban J connectivity index is 4.13. The summed E-state index contributed by atoms with van der Waals surface area (Å²) in [6.45, 7) is 7.24. The van der Waals surface area contributed by atoms with E-state index in [1.165, 1.54) is 0 Å². The number of primary amides is 1. The van der Waals surface area contributed by atoms with E-state index < -0.39 is 17.9 Å². The number of hydrogen-bond acceptors (Lipinski definition) is 3. The van der Waals surface area contributed by atoms with Gasteiger partial charge in [0.1, 0.15) is 6.04 Å². The van der Waals surface area contributed by atoms with Crippen LogP contribution in [0.4, 0.5) is 0 Å². The van der Waals surface area contributed by atoms with Crippen molar-refractivity contribution in [3.05, 3.63) is 0 Å². The lowest BCUT2D eigenvalue weighted by molar-refractivity contribution is -0.131. The van der Waals surface area contributed by atoms with Gasteiger partial charge in [0, 0.05) is 5.92 Å². The second kappa shape index (κ2) is 7.68. The van der Waals surface area contributed by atoms with E-state index in [-0.39, 0.29) is 18.4 Å². The fourth-order valence-electron chi connectivity index (χ4n) is 1.56. The first-order valence-corrected chi connectivity index (χ1v) is 6.10. The molecule has 0 radical (unpaired) electrons. The van der Waals surface area contributed by atoms with Gasteiger partial charge in [-0.25, -0.2) is 0 Å². The quantitative estimate of drug-likeness (QED) is 0.587. The molecule has 6 heteroatoms. The number of carbonyl (C=O) groups is 3. The Labute approximate surface area is 108 Å². The van der Waals surface area contributed by atoms with Gasteiger partial charge in [0.25, 0.3) is 0 Å². The number of carbonyl (C=O) groups excluding carboxylic acids is 3. The van der Waals surface area contributed by atoms with Crippen LogP contribution in [0.1, 0.15) is 34.1 Å². The van der Waals surface area contributed by atoms with Crippen molar-refractivity contribution in [1.29, 1.82) is 0 Å². The van der Waals surface area contributed by atoms with Crippen LogP contribution in [0.15, 0.2) is 0 Å². The van der Waals surface area contributed by atoms with E-state index in [4.69, 9.17) is 5.73 Å². The highest BCUT2D eigenvalue weighted by molar-refractivity contribution is 5.90. The Bertz CT molecular complexity index is 316. The minimum atomic E-state index is -0.675. The standard InChI is InChI=1S/C12H23N3O3/c1-7(2)5-8(3)11(17)15-9(4)12(18)14-6-10(13)16/h7-9H,5-6H2,1-4H3,(H2,13,16)(H,14,18)(H,15,17). The number of hydrogen-bond donors (Lipinski definition) is 3. The van der Waals surface area contributed by atoms with Crippen molar-refractivity contribution >= 4 is 17.7 Å². The molecule has 0 fully saturated rings. The summed E-state index contributed by atoms with van der Waals surface area (Å²) in [5.41, 5.74) is 4.90. The van der Waals surface area contributed by atoms with Crippen LogP contribution in [-0.4, -0.2) is 30.3 Å². The maximum atomic E-state index is 11.7. The minimum Gasteiger partial charge on any atom is -0.368 e. The largest absolute Gasteiger partial charge is 0.368 e. The summed E-state index contributed by atoms with van der Waals surface area (Å²) in [7, 11) is 0. The van der Waals surface area contributed by atoms with Crippen LogP contribution in [0, 0.1) is 11.8 Å². The van der Waals surface area contributed by atoms with Gasteiger partial charge in [-0.05, 0) is 19.3 Å². The first-order chi connectivity index (χ1) is 8.23. The molecule has 0 saturated carbocycles. The monoisotopic (exact) mass is 257 g/mol. The van der Waals surface area contributed by atoms with E-state index in [1.807, 2.05) is 20.8 Å². The van der Waals surface area contributed by atoms with Crippen LogP contribution in [0.5, 0.6) is 0 Å². The molecule has 4 N–H and O–H groups in total. The molecule has 0 aromatic rings. The molecule has 18 heavy (non-hydrogen) atoms. The predicted molar refractivity (Wildman–Crippen MR) is 68.4 cm³/mol. The zero-order chi connectivity index (χ0) is 14.3. The zero-order valence-electron chi connectivity index (χ0n) is 11.4. The van der Waals surface area contributed by atoms with Gasteiger partial charge in [-0.3, -0.25) is 14.4 Å². The number of rotatable bonds is 7. The SMILES string of the molecule is CC(C)CC(C)C(=O)NC(C)C(=O)NCC(N)=O. The Morgan fingerprint density at radius 2 is 1.61 bits per heavy atom. The van der Waals surface area contributed by atoms with Crippen molar-refractivity contribution in [3.63, 3.8) is 0 Å². The second-order valence-electron chi connectivity index (χ2n) is 4.94. The molecule has 0 heterocycles. The van der Waals surface area contributed by atoms with Crippen LogP contribution >= 0.6 is 0 Å². The van der Waals surface area contributed by atoms with Gasteiger partial charge in [-0.15, -0.1) is 0 Å². The summed E-state index contributed by atoms with van der Waals surface area (Å²) in [6.07, 6.45) is 0.765. The van der Waals surface area contributed by atoms with Crippen LogP contribution in [-0.2, 0) is 14.4 Å². The summed E-state index contributed by atoms with van der Waals surface area (Å²) in [6, 6.07) is -0.675. The summed E-state index contributed by atoms with van der Waals surface area (Å²) < 4.78 is 0. The molecule has 0 spiro atoms. The Morgan fingerprint density at radius 1 is 1.06 bits per heavy atom. The summed E-state index contributed by atoms with van der Waals surface area (Å²) in [4.78, 5) is 33.7. The smallest absolute Gasteiger partial charge is 0.242 e. The molecule has 0 aliphatic rings. The highest BCUT2D eigenvalue weighted by Gasteiger charge is 2.20. The van der Waals surface area contributed by atoms with Gasteiger partial charge in [0.15, 0.2) is 0 Å². The maximum Gasteiger partial charge on any atom is 0.242 e. The van der Waals surface area contributed by atoms with Crippen molar-refractivity contribution in [2.45, 2.75) is 40.2 Å². The molecule has 0 saturated heterocycles. The summed E-state index contributed by atoms with van der Waals surface area (Å²) in [5, 5.41) is 4.94. The second-order valence-corrected chi connectivity index (χ2v) is 4.94. The van der Waals surface area contributed by atoms with Crippen LogP contribution in [0.3, 0.4) is 0 Å². The highest BCUT2D eigenvalue weighted by atomic mass is 16.2. The third-order valence-electron chi connectivity index (χ3n) is 2.46. The van der Waals surface area contributed by atoms with Gasteiger partial charge in [0.2, 0.25) is 17.7 Å². The van der Waals surface area contributed by atoms with Crippen molar-refractivity contribution in [3.8, 4) is 0 Å². The molecular weight excluding hydrogens is 234 g/mol. The molecular formula is C12H23N3O3. The van der Waals surface area contributed by atoms with Gasteiger partial charge in [-0.1, -0.05) is 20.8 Å². The zero-order valence-corrected chi connectivity index (χ0v) is 11.4. The molecule has 0 bridgehead atoms. The molecule has 2 atom stereocenters. The molecule has 104 valence electrons. The lowest BCUT2D eigenvalue weighted by Crippen LogP contribution is -2.48. The fraction of sp³-hybridized carbons (Fsp3) is 0.750. The third-order valence-corrected chi connectivity index (χ3v) is 2.46. The van der Waals surface area contributed by atoms with E-state index in [0.717, 1.165) is 6.42 Å². The lowest BCUT2D eigenvalue weighted by Gasteiger charge is -2.18. The number of nitrogens with one attached hydrogen (secondary N) is 2. The van der Waals surface area contributed by atoms with Gasteiger partial charge >= 0.3 is 0 Å². The molecule has 0 aromatic heterocycles. The molecule has 0 rings (SSSR count). The van der Waals surface area contributed by atoms with Crippen molar-refractivity contribution in [2.24, 2.45) is 17.6 Å². The van der Waals surface area contributed by atoms with Crippen LogP contribution < -0.4 is 16.4 Å². The first-order valence-electron chi connectivity index (χ1n) is 6.10. The summed E-state index contributed by atoms with van der Waals surface area (Å²) in [5.74, 6) is -0.916. The molecule has 0 aliphatic carbocycles. The summed E-state index contributed by atoms with van der Waals surface area (Å²) >= 11 is 0.